The number of nitrogens with one attached hydrogen (secondary N) is 1. The van der Waals surface area contributed by atoms with Crippen molar-refractivity contribution in [3.63, 3.8) is 0 Å². The first-order chi connectivity index (χ1) is 7.65. The fourth-order valence-corrected chi connectivity index (χ4v) is 1.69. The maximum atomic E-state index is 11.9. The highest BCUT2D eigenvalue weighted by Crippen LogP contribution is 2.04. The maximum absolute atomic E-state index is 11.9. The zero-order chi connectivity index (χ0) is 12.0. The molecule has 0 saturated carbocycles. The highest BCUT2D eigenvalue weighted by atomic mass is 16.5. The lowest BCUT2D eigenvalue weighted by Gasteiger charge is -2.32. The van der Waals surface area contributed by atoms with Gasteiger partial charge in [0.15, 0.2) is 0 Å². The van der Waals surface area contributed by atoms with E-state index in [4.69, 9.17) is 10.5 Å². The molecule has 1 unspecified atom stereocenters. The quantitative estimate of drug-likeness (QED) is 0.554. The number of ether oxygens (including phenoxy) is 1. The average Bonchev–Trinajstić information content (AvgIpc) is 2.23. The number of nitrogens with two attached hydrogens (primary N) is 1. The van der Waals surface area contributed by atoms with Crippen molar-refractivity contribution in [3.8, 4) is 0 Å². The Morgan fingerprint density at radius 2 is 2.44 bits per heavy atom. The summed E-state index contributed by atoms with van der Waals surface area (Å²) in [5.74, 6) is -0.526. The van der Waals surface area contributed by atoms with Crippen LogP contribution in [0.4, 0.5) is 0 Å². The normalized spacial score (nSPS) is 21.2. The smallest absolute Gasteiger partial charge is 0.240 e. The zero-order valence-electron chi connectivity index (χ0n) is 9.57. The topological polar surface area (TPSA) is 84.7 Å². The van der Waals surface area contributed by atoms with Crippen LogP contribution in [-0.4, -0.2) is 55.6 Å². The number of carbonyl (C=O) groups excluding carboxylic acids is 2. The number of amides is 2. The van der Waals surface area contributed by atoms with E-state index < -0.39 is 11.9 Å². The number of nitrogens with zero attached hydrogens (tertiary/aromatic N) is 1. The summed E-state index contributed by atoms with van der Waals surface area (Å²) in [6, 6.07) is -0.465. The van der Waals surface area contributed by atoms with E-state index in [2.05, 4.69) is 5.32 Å². The molecule has 1 aliphatic heterocycles. The van der Waals surface area contributed by atoms with E-state index >= 15 is 0 Å². The van der Waals surface area contributed by atoms with Gasteiger partial charge in [0.2, 0.25) is 11.8 Å². The van der Waals surface area contributed by atoms with Gasteiger partial charge < -0.3 is 20.7 Å². The molecule has 6 nitrogen and oxygen atoms in total. The second-order valence-electron chi connectivity index (χ2n) is 3.70. The predicted molar refractivity (Wildman–Crippen MR) is 58.7 cm³/mol. The molecule has 16 heavy (non-hydrogen) atoms. The molecule has 0 radical (unpaired) electrons. The van der Waals surface area contributed by atoms with E-state index in [0.717, 1.165) is 0 Å². The molecule has 2 amide bonds. The molecular weight excluding hydrogens is 210 g/mol. The number of carbonyl (C=O) groups is 2. The Labute approximate surface area is 95.1 Å². The van der Waals surface area contributed by atoms with E-state index in [0.29, 0.717) is 32.8 Å². The molecular formula is C10H19N3O3. The van der Waals surface area contributed by atoms with Gasteiger partial charge in [-0.3, -0.25) is 9.59 Å². The fourth-order valence-electron chi connectivity index (χ4n) is 1.69. The lowest BCUT2D eigenvalue weighted by Crippen LogP contribution is -2.56. The van der Waals surface area contributed by atoms with Gasteiger partial charge in [-0.05, 0) is 6.92 Å². The highest BCUT2D eigenvalue weighted by molar-refractivity contribution is 5.88. The number of hydrogen-bond donors (Lipinski definition) is 2. The van der Waals surface area contributed by atoms with E-state index in [1.807, 2.05) is 6.92 Å². The lowest BCUT2D eigenvalue weighted by molar-refractivity contribution is -0.138. The van der Waals surface area contributed by atoms with Crippen molar-refractivity contribution in [1.29, 1.82) is 0 Å². The molecule has 0 spiro atoms. The van der Waals surface area contributed by atoms with Gasteiger partial charge in [0, 0.05) is 26.2 Å². The van der Waals surface area contributed by atoms with E-state index in [-0.39, 0.29) is 12.3 Å². The summed E-state index contributed by atoms with van der Waals surface area (Å²) in [6.45, 7) is 5.01. The second kappa shape index (κ2) is 6.44. The summed E-state index contributed by atoms with van der Waals surface area (Å²) in [6.07, 6.45) is 0.0595. The number of rotatable bonds is 6. The molecule has 1 saturated heterocycles. The molecule has 0 aliphatic carbocycles. The van der Waals surface area contributed by atoms with Gasteiger partial charge in [0.05, 0.1) is 19.1 Å². The molecule has 0 aromatic carbocycles. The maximum Gasteiger partial charge on any atom is 0.240 e. The lowest BCUT2D eigenvalue weighted by atomic mass is 10.1. The molecule has 6 heteroatoms. The van der Waals surface area contributed by atoms with Gasteiger partial charge in [-0.25, -0.2) is 0 Å². The van der Waals surface area contributed by atoms with Gasteiger partial charge in [0.1, 0.15) is 0 Å². The summed E-state index contributed by atoms with van der Waals surface area (Å²) in [4.78, 5) is 24.3. The molecule has 1 rings (SSSR count). The third-order valence-corrected chi connectivity index (χ3v) is 2.50. The van der Waals surface area contributed by atoms with Crippen molar-refractivity contribution in [3.05, 3.63) is 0 Å². The summed E-state index contributed by atoms with van der Waals surface area (Å²) >= 11 is 0. The Kier molecular flexibility index (Phi) is 5.21. The molecule has 0 bridgehead atoms. The van der Waals surface area contributed by atoms with Crippen LogP contribution in [0.1, 0.15) is 13.3 Å². The second-order valence-corrected chi connectivity index (χ2v) is 3.70. The van der Waals surface area contributed by atoms with Crippen molar-refractivity contribution in [2.45, 2.75) is 19.4 Å². The van der Waals surface area contributed by atoms with Crippen molar-refractivity contribution in [1.82, 2.24) is 10.2 Å². The first-order valence-electron chi connectivity index (χ1n) is 5.53. The standard InChI is InChI=1S/C10H19N3O3/c1-2-16-6-5-13-4-3-12-8(10(13)15)7-9(11)14/h8,12H,2-7H2,1H3,(H2,11,14). The number of piperazine rings is 1. The van der Waals surface area contributed by atoms with Crippen molar-refractivity contribution in [2.75, 3.05) is 32.8 Å². The molecule has 1 aliphatic rings. The highest BCUT2D eigenvalue weighted by Gasteiger charge is 2.28. The average molecular weight is 229 g/mol. The van der Waals surface area contributed by atoms with Crippen LogP contribution in [0.25, 0.3) is 0 Å². The minimum Gasteiger partial charge on any atom is -0.380 e. The molecule has 1 atom stereocenters. The Balaban J connectivity index is 2.40. The van der Waals surface area contributed by atoms with Crippen LogP contribution in [0.15, 0.2) is 0 Å². The van der Waals surface area contributed by atoms with E-state index in [1.165, 1.54) is 0 Å². The SMILES string of the molecule is CCOCCN1CCNC(CC(N)=O)C1=O. The summed E-state index contributed by atoms with van der Waals surface area (Å²) in [5, 5.41) is 2.99. The molecule has 92 valence electrons. The Morgan fingerprint density at radius 1 is 1.69 bits per heavy atom. The molecule has 1 fully saturated rings. The molecule has 3 N–H and O–H groups in total. The Hall–Kier alpha value is -1.14. The first kappa shape index (κ1) is 12.9. The summed E-state index contributed by atoms with van der Waals surface area (Å²) < 4.78 is 5.19. The minimum absolute atomic E-state index is 0.0595. The van der Waals surface area contributed by atoms with Crippen molar-refractivity contribution >= 4 is 11.8 Å². The molecule has 0 aromatic rings. The Bertz CT molecular complexity index is 258. The van der Waals surface area contributed by atoms with Gasteiger partial charge >= 0.3 is 0 Å². The van der Waals surface area contributed by atoms with E-state index in [9.17, 15) is 9.59 Å². The largest absolute Gasteiger partial charge is 0.380 e. The van der Waals surface area contributed by atoms with Gasteiger partial charge in [-0.2, -0.15) is 0 Å². The van der Waals surface area contributed by atoms with Crippen LogP contribution in [0.3, 0.4) is 0 Å². The van der Waals surface area contributed by atoms with Crippen LogP contribution in [-0.2, 0) is 14.3 Å². The van der Waals surface area contributed by atoms with Gasteiger partial charge in [-0.15, -0.1) is 0 Å². The van der Waals surface area contributed by atoms with Crippen molar-refractivity contribution < 1.29 is 14.3 Å². The van der Waals surface area contributed by atoms with Crippen molar-refractivity contribution in [2.24, 2.45) is 5.73 Å². The van der Waals surface area contributed by atoms with E-state index in [1.54, 1.807) is 4.90 Å². The van der Waals surface area contributed by atoms with Gasteiger partial charge in [-0.1, -0.05) is 0 Å². The first-order valence-corrected chi connectivity index (χ1v) is 5.53. The summed E-state index contributed by atoms with van der Waals surface area (Å²) in [7, 11) is 0. The van der Waals surface area contributed by atoms with Crippen LogP contribution in [0, 0.1) is 0 Å². The fraction of sp³-hybridized carbons (Fsp3) is 0.800. The third kappa shape index (κ3) is 3.79. The Morgan fingerprint density at radius 3 is 3.06 bits per heavy atom. The monoisotopic (exact) mass is 229 g/mol. The third-order valence-electron chi connectivity index (χ3n) is 2.50. The minimum atomic E-state index is -0.465. The zero-order valence-corrected chi connectivity index (χ0v) is 9.57. The van der Waals surface area contributed by atoms with Gasteiger partial charge in [0.25, 0.3) is 0 Å². The number of primary amides is 1. The number of hydrogen-bond acceptors (Lipinski definition) is 4. The van der Waals surface area contributed by atoms with Crippen LogP contribution < -0.4 is 11.1 Å². The van der Waals surface area contributed by atoms with Crippen LogP contribution in [0.2, 0.25) is 0 Å². The molecule has 0 aromatic heterocycles. The summed E-state index contributed by atoms with van der Waals surface area (Å²) in [5.41, 5.74) is 5.08. The predicted octanol–water partition coefficient (Wildman–Crippen LogP) is -1.30. The van der Waals surface area contributed by atoms with Crippen LogP contribution >= 0.6 is 0 Å². The molecule has 1 heterocycles. The van der Waals surface area contributed by atoms with Crippen LogP contribution in [0.5, 0.6) is 0 Å².